The van der Waals surface area contributed by atoms with Gasteiger partial charge in [0.1, 0.15) is 12.1 Å². The molecule has 0 atom stereocenters. The van der Waals surface area contributed by atoms with Crippen molar-refractivity contribution in [2.45, 2.75) is 32.7 Å². The molecule has 4 heteroatoms. The van der Waals surface area contributed by atoms with Crippen LogP contribution in [-0.4, -0.2) is 35.6 Å². The maximum absolute atomic E-state index is 4.59. The molecular weight excluding hydrogens is 260 g/mol. The Morgan fingerprint density at radius 2 is 1.95 bits per heavy atom. The molecule has 1 aromatic carbocycles. The summed E-state index contributed by atoms with van der Waals surface area (Å²) >= 11 is 0. The molecule has 0 aliphatic carbocycles. The van der Waals surface area contributed by atoms with Gasteiger partial charge in [-0.25, -0.2) is 9.97 Å². The summed E-state index contributed by atoms with van der Waals surface area (Å²) in [5.41, 5.74) is 1.03. The average molecular weight is 284 g/mol. The number of hydrogen-bond donors (Lipinski definition) is 1. The van der Waals surface area contributed by atoms with Crippen LogP contribution in [0.2, 0.25) is 0 Å². The fourth-order valence-electron chi connectivity index (χ4n) is 3.10. The molecule has 0 unspecified atom stereocenters. The number of benzene rings is 1. The average Bonchev–Trinajstić information content (AvgIpc) is 2.53. The van der Waals surface area contributed by atoms with Gasteiger partial charge in [0.2, 0.25) is 0 Å². The van der Waals surface area contributed by atoms with E-state index in [1.807, 2.05) is 6.07 Å². The topological polar surface area (TPSA) is 41.0 Å². The van der Waals surface area contributed by atoms with Gasteiger partial charge < -0.3 is 10.2 Å². The lowest BCUT2D eigenvalue weighted by molar-refractivity contribution is 0.367. The zero-order valence-electron chi connectivity index (χ0n) is 12.9. The first-order valence-electron chi connectivity index (χ1n) is 7.93. The summed E-state index contributed by atoms with van der Waals surface area (Å²) in [4.78, 5) is 11.4. The number of piperidine rings is 1. The number of anilines is 1. The molecule has 2 aromatic rings. The van der Waals surface area contributed by atoms with E-state index in [0.717, 1.165) is 42.3 Å². The number of aromatic nitrogens is 2. The first kappa shape index (κ1) is 14.3. The minimum atomic E-state index is 0.443. The monoisotopic (exact) mass is 284 g/mol. The van der Waals surface area contributed by atoms with Crippen molar-refractivity contribution in [2.24, 2.45) is 5.92 Å². The summed E-state index contributed by atoms with van der Waals surface area (Å²) in [6, 6.07) is 8.73. The van der Waals surface area contributed by atoms with E-state index in [-0.39, 0.29) is 0 Å². The molecule has 21 heavy (non-hydrogen) atoms. The summed E-state index contributed by atoms with van der Waals surface area (Å²) in [6.45, 7) is 7.86. The van der Waals surface area contributed by atoms with Gasteiger partial charge in [0.15, 0.2) is 0 Å². The Kier molecular flexibility index (Phi) is 4.34. The van der Waals surface area contributed by atoms with Gasteiger partial charge in [-0.3, -0.25) is 0 Å². The number of nitrogens with one attached hydrogen (secondary N) is 1. The Balaban J connectivity index is 1.91. The van der Waals surface area contributed by atoms with Crippen molar-refractivity contribution in [3.8, 4) is 0 Å². The molecule has 0 spiro atoms. The van der Waals surface area contributed by atoms with Crippen LogP contribution in [0.25, 0.3) is 10.9 Å². The predicted molar refractivity (Wildman–Crippen MR) is 87.6 cm³/mol. The van der Waals surface area contributed by atoms with Gasteiger partial charge >= 0.3 is 0 Å². The smallest absolute Gasteiger partial charge is 0.140 e. The van der Waals surface area contributed by atoms with Gasteiger partial charge in [-0.1, -0.05) is 12.1 Å². The molecule has 0 amide bonds. The molecule has 112 valence electrons. The number of hydrogen-bond acceptors (Lipinski definition) is 4. The molecule has 0 radical (unpaired) electrons. The normalized spacial score (nSPS) is 16.5. The summed E-state index contributed by atoms with van der Waals surface area (Å²) in [7, 11) is 0. The van der Waals surface area contributed by atoms with Crippen LogP contribution in [0.15, 0.2) is 30.6 Å². The van der Waals surface area contributed by atoms with Crippen molar-refractivity contribution in [1.82, 2.24) is 15.3 Å². The van der Waals surface area contributed by atoms with Gasteiger partial charge in [0, 0.05) is 18.0 Å². The van der Waals surface area contributed by atoms with Crippen molar-refractivity contribution in [3.05, 3.63) is 30.6 Å². The second-order valence-electron chi connectivity index (χ2n) is 6.15. The number of para-hydroxylation sites is 1. The SMILES string of the molecule is CC(C)N(CC1CCNCC1)c1ncnc2ccccc12. The van der Waals surface area contributed by atoms with Crippen molar-refractivity contribution in [2.75, 3.05) is 24.5 Å². The fourth-order valence-corrected chi connectivity index (χ4v) is 3.10. The summed E-state index contributed by atoms with van der Waals surface area (Å²) in [5.74, 6) is 1.83. The largest absolute Gasteiger partial charge is 0.353 e. The van der Waals surface area contributed by atoms with Crippen LogP contribution < -0.4 is 10.2 Å². The molecular formula is C17H24N4. The van der Waals surface area contributed by atoms with Crippen LogP contribution in [0.4, 0.5) is 5.82 Å². The molecule has 1 aromatic heterocycles. The van der Waals surface area contributed by atoms with Crippen molar-refractivity contribution < 1.29 is 0 Å². The third-order valence-corrected chi connectivity index (χ3v) is 4.33. The molecule has 1 saturated heterocycles. The fraction of sp³-hybridized carbons (Fsp3) is 0.529. The number of nitrogens with zero attached hydrogens (tertiary/aromatic N) is 3. The highest BCUT2D eigenvalue weighted by Crippen LogP contribution is 2.26. The highest BCUT2D eigenvalue weighted by Gasteiger charge is 2.21. The Bertz CT molecular complexity index is 585. The van der Waals surface area contributed by atoms with Crippen LogP contribution in [0.1, 0.15) is 26.7 Å². The molecule has 0 bridgehead atoms. The number of fused-ring (bicyclic) bond motifs is 1. The maximum atomic E-state index is 4.59. The Morgan fingerprint density at radius 1 is 1.19 bits per heavy atom. The second kappa shape index (κ2) is 6.39. The van der Waals surface area contributed by atoms with Crippen molar-refractivity contribution in [3.63, 3.8) is 0 Å². The lowest BCUT2D eigenvalue weighted by atomic mass is 9.97. The molecule has 1 fully saturated rings. The Morgan fingerprint density at radius 3 is 2.71 bits per heavy atom. The highest BCUT2D eigenvalue weighted by molar-refractivity contribution is 5.89. The van der Waals surface area contributed by atoms with Crippen molar-refractivity contribution in [1.29, 1.82) is 0 Å². The minimum absolute atomic E-state index is 0.443. The summed E-state index contributed by atoms with van der Waals surface area (Å²) in [5, 5.41) is 4.60. The Labute approximate surface area is 126 Å². The quantitative estimate of drug-likeness (QED) is 0.937. The molecule has 3 rings (SSSR count). The van der Waals surface area contributed by atoms with E-state index in [1.54, 1.807) is 6.33 Å². The van der Waals surface area contributed by atoms with Gasteiger partial charge in [0.25, 0.3) is 0 Å². The van der Waals surface area contributed by atoms with E-state index in [4.69, 9.17) is 0 Å². The van der Waals surface area contributed by atoms with Crippen LogP contribution in [-0.2, 0) is 0 Å². The predicted octanol–water partition coefficient (Wildman–Crippen LogP) is 2.84. The second-order valence-corrected chi connectivity index (χ2v) is 6.15. The first-order valence-corrected chi connectivity index (χ1v) is 7.93. The zero-order chi connectivity index (χ0) is 14.7. The highest BCUT2D eigenvalue weighted by atomic mass is 15.2. The summed E-state index contributed by atoms with van der Waals surface area (Å²) in [6.07, 6.45) is 4.20. The zero-order valence-corrected chi connectivity index (χ0v) is 12.9. The van der Waals surface area contributed by atoms with E-state index < -0.39 is 0 Å². The van der Waals surface area contributed by atoms with Crippen LogP contribution in [0.3, 0.4) is 0 Å². The third-order valence-electron chi connectivity index (χ3n) is 4.33. The van der Waals surface area contributed by atoms with E-state index >= 15 is 0 Å². The van der Waals surface area contributed by atoms with Crippen molar-refractivity contribution >= 4 is 16.7 Å². The summed E-state index contributed by atoms with van der Waals surface area (Å²) < 4.78 is 0. The molecule has 1 N–H and O–H groups in total. The number of rotatable bonds is 4. The van der Waals surface area contributed by atoms with Gasteiger partial charge in [-0.2, -0.15) is 0 Å². The van der Waals surface area contributed by atoms with Gasteiger partial charge in [-0.15, -0.1) is 0 Å². The lowest BCUT2D eigenvalue weighted by Crippen LogP contribution is -2.40. The first-order chi connectivity index (χ1) is 10.3. The molecule has 2 heterocycles. The van der Waals surface area contributed by atoms with Gasteiger partial charge in [-0.05, 0) is 57.8 Å². The van der Waals surface area contributed by atoms with E-state index in [0.29, 0.717) is 6.04 Å². The van der Waals surface area contributed by atoms with Crippen LogP contribution in [0, 0.1) is 5.92 Å². The van der Waals surface area contributed by atoms with E-state index in [1.165, 1.54) is 12.8 Å². The molecule has 4 nitrogen and oxygen atoms in total. The minimum Gasteiger partial charge on any atom is -0.353 e. The molecule has 1 aliphatic heterocycles. The standard InChI is InChI=1S/C17H24N4/c1-13(2)21(11-14-7-9-18-10-8-14)17-15-5-3-4-6-16(15)19-12-20-17/h3-6,12-14,18H,7-11H2,1-2H3. The third kappa shape index (κ3) is 3.16. The lowest BCUT2D eigenvalue weighted by Gasteiger charge is -2.34. The molecule has 0 saturated carbocycles. The molecule has 1 aliphatic rings. The maximum Gasteiger partial charge on any atom is 0.140 e. The van der Waals surface area contributed by atoms with Crippen LogP contribution >= 0.6 is 0 Å². The van der Waals surface area contributed by atoms with Gasteiger partial charge in [0.05, 0.1) is 5.52 Å². The van der Waals surface area contributed by atoms with E-state index in [2.05, 4.69) is 52.2 Å². The van der Waals surface area contributed by atoms with E-state index in [9.17, 15) is 0 Å². The Hall–Kier alpha value is -1.68. The van der Waals surface area contributed by atoms with Crippen LogP contribution in [0.5, 0.6) is 0 Å².